The van der Waals surface area contributed by atoms with Crippen LogP contribution in [0.3, 0.4) is 0 Å². The molecule has 0 aromatic carbocycles. The molecule has 2 aliphatic rings. The largest absolute Gasteiger partial charge is 0.460 e. The first kappa shape index (κ1) is 21.0. The second-order valence-corrected chi connectivity index (χ2v) is 8.10. The van der Waals surface area contributed by atoms with Crippen LogP contribution in [-0.2, 0) is 11.3 Å². The lowest BCUT2D eigenvalue weighted by molar-refractivity contribution is 0.0314. The van der Waals surface area contributed by atoms with Crippen LogP contribution in [0, 0.1) is 0 Å². The third-order valence-corrected chi connectivity index (χ3v) is 5.69. The van der Waals surface area contributed by atoms with E-state index in [1.165, 1.54) is 25.0 Å². The first-order valence-electron chi connectivity index (χ1n) is 11.4. The lowest BCUT2D eigenvalue weighted by Gasteiger charge is -2.25. The molecule has 1 saturated carbocycles. The van der Waals surface area contributed by atoms with Crippen molar-refractivity contribution >= 4 is 17.5 Å². The monoisotopic (exact) mass is 411 g/mol. The molecule has 0 atom stereocenters. The molecular formula is C23H33N5O2. The van der Waals surface area contributed by atoms with Crippen LogP contribution in [0.5, 0.6) is 0 Å². The number of furan rings is 1. The molecule has 2 aromatic rings. The summed E-state index contributed by atoms with van der Waals surface area (Å²) in [4.78, 5) is 16.6. The van der Waals surface area contributed by atoms with E-state index >= 15 is 0 Å². The van der Waals surface area contributed by atoms with Crippen LogP contribution >= 0.6 is 0 Å². The Balaban J connectivity index is 1.56. The average molecular weight is 412 g/mol. The van der Waals surface area contributed by atoms with Crippen LogP contribution in [-0.4, -0.2) is 53.4 Å². The zero-order valence-electron chi connectivity index (χ0n) is 18.0. The molecule has 2 aromatic heterocycles. The summed E-state index contributed by atoms with van der Waals surface area (Å²) in [5, 5.41) is 3.32. The summed E-state index contributed by atoms with van der Waals surface area (Å²) in [6.45, 7) is 7.30. The van der Waals surface area contributed by atoms with Crippen molar-refractivity contribution in [3.63, 3.8) is 0 Å². The Morgan fingerprint density at radius 2 is 1.97 bits per heavy atom. The van der Waals surface area contributed by atoms with Crippen LogP contribution in [0.4, 0.5) is 11.8 Å². The van der Waals surface area contributed by atoms with Crippen LogP contribution < -0.4 is 5.32 Å². The minimum absolute atomic E-state index is 0.641. The van der Waals surface area contributed by atoms with E-state index in [4.69, 9.17) is 19.1 Å². The maximum absolute atomic E-state index is 6.19. The number of nitrogens with one attached hydrogen (secondary N) is 1. The molecule has 1 aliphatic heterocycles. The van der Waals surface area contributed by atoms with Crippen molar-refractivity contribution in [3.8, 4) is 11.3 Å². The number of ether oxygens (including phenoxy) is 1. The second kappa shape index (κ2) is 10.7. The lowest BCUT2D eigenvalue weighted by atomic mass is 9.98. The molecule has 1 N–H and O–H groups in total. The average Bonchev–Trinajstić information content (AvgIpc) is 3.24. The van der Waals surface area contributed by atoms with Gasteiger partial charge in [-0.25, -0.2) is 9.98 Å². The van der Waals surface area contributed by atoms with Gasteiger partial charge in [0.05, 0.1) is 25.3 Å². The number of morpholine rings is 1. The fraction of sp³-hybridized carbons (Fsp3) is 0.609. The minimum atomic E-state index is 0.641. The van der Waals surface area contributed by atoms with E-state index in [1.807, 2.05) is 12.3 Å². The fourth-order valence-electron chi connectivity index (χ4n) is 3.90. The number of nitrogens with zero attached hydrogens (tertiary/aromatic N) is 4. The van der Waals surface area contributed by atoms with Gasteiger partial charge in [0, 0.05) is 31.5 Å². The van der Waals surface area contributed by atoms with E-state index < -0.39 is 0 Å². The molecule has 0 radical (unpaired) electrons. The number of hydrogen-bond donors (Lipinski definition) is 1. The van der Waals surface area contributed by atoms with Crippen molar-refractivity contribution in [1.82, 2.24) is 14.9 Å². The first-order chi connectivity index (χ1) is 14.8. The summed E-state index contributed by atoms with van der Waals surface area (Å²) in [7, 11) is 0. The van der Waals surface area contributed by atoms with Gasteiger partial charge in [-0.1, -0.05) is 19.8 Å². The molecule has 7 nitrogen and oxygen atoms in total. The maximum Gasteiger partial charge on any atom is 0.224 e. The molecule has 7 heteroatoms. The SMILES string of the molecule is CCCCNc1ncc(-c2ccc(CN3CCOCC3)o2)c(N=C2CCCCC2)n1. The molecule has 162 valence electrons. The molecule has 0 unspecified atom stereocenters. The predicted molar refractivity (Wildman–Crippen MR) is 119 cm³/mol. The van der Waals surface area contributed by atoms with Gasteiger partial charge in [-0.2, -0.15) is 4.98 Å². The van der Waals surface area contributed by atoms with Gasteiger partial charge >= 0.3 is 0 Å². The Labute approximate surface area is 179 Å². The van der Waals surface area contributed by atoms with Crippen LogP contribution in [0.25, 0.3) is 11.3 Å². The van der Waals surface area contributed by atoms with Gasteiger partial charge in [0.15, 0.2) is 5.82 Å². The topological polar surface area (TPSA) is 75.8 Å². The molecule has 0 spiro atoms. The summed E-state index contributed by atoms with van der Waals surface area (Å²) < 4.78 is 11.6. The summed E-state index contributed by atoms with van der Waals surface area (Å²) in [6.07, 6.45) is 9.92. The van der Waals surface area contributed by atoms with E-state index in [1.54, 1.807) is 0 Å². The minimum Gasteiger partial charge on any atom is -0.460 e. The normalized spacial score (nSPS) is 17.8. The Morgan fingerprint density at radius 1 is 1.13 bits per heavy atom. The smallest absolute Gasteiger partial charge is 0.224 e. The summed E-state index contributed by atoms with van der Waals surface area (Å²) in [6, 6.07) is 4.07. The molecule has 3 heterocycles. The molecule has 4 rings (SSSR count). The standard InChI is InChI=1S/C23H33N5O2/c1-2-3-11-24-23-25-16-20(22(27-23)26-18-7-5-4-6-8-18)21-10-9-19(30-21)17-28-12-14-29-15-13-28/h9-10,16H,2-8,11-15,17H2,1H3,(H,24,25,27). The Morgan fingerprint density at radius 3 is 2.77 bits per heavy atom. The Hall–Kier alpha value is -2.25. The van der Waals surface area contributed by atoms with Crippen LogP contribution in [0.15, 0.2) is 27.7 Å². The van der Waals surface area contributed by atoms with E-state index in [2.05, 4.69) is 28.2 Å². The number of hydrogen-bond acceptors (Lipinski definition) is 7. The van der Waals surface area contributed by atoms with Crippen LogP contribution in [0.2, 0.25) is 0 Å². The van der Waals surface area contributed by atoms with Gasteiger partial charge < -0.3 is 14.5 Å². The van der Waals surface area contributed by atoms with E-state index in [9.17, 15) is 0 Å². The molecule has 30 heavy (non-hydrogen) atoms. The van der Waals surface area contributed by atoms with Gasteiger partial charge in [-0.05, 0) is 44.2 Å². The summed E-state index contributed by atoms with van der Waals surface area (Å²) in [5.74, 6) is 3.09. The van der Waals surface area contributed by atoms with Gasteiger partial charge in [-0.3, -0.25) is 4.90 Å². The third kappa shape index (κ3) is 5.67. The highest BCUT2D eigenvalue weighted by atomic mass is 16.5. The molecule has 0 bridgehead atoms. The molecule has 2 fully saturated rings. The van der Waals surface area contributed by atoms with Crippen molar-refractivity contribution in [2.75, 3.05) is 38.2 Å². The molecule has 1 saturated heterocycles. The number of aliphatic imine (C=N–C) groups is 1. The van der Waals surface area contributed by atoms with E-state index in [-0.39, 0.29) is 0 Å². The second-order valence-electron chi connectivity index (χ2n) is 8.10. The van der Waals surface area contributed by atoms with Crippen molar-refractivity contribution in [3.05, 3.63) is 24.1 Å². The first-order valence-corrected chi connectivity index (χ1v) is 11.4. The summed E-state index contributed by atoms with van der Waals surface area (Å²) >= 11 is 0. The van der Waals surface area contributed by atoms with Gasteiger partial charge in [0.2, 0.25) is 5.95 Å². The number of unbranched alkanes of at least 4 members (excludes halogenated alkanes) is 1. The summed E-state index contributed by atoms with van der Waals surface area (Å²) in [5.41, 5.74) is 2.10. The Bertz CT molecular complexity index is 834. The van der Waals surface area contributed by atoms with Crippen molar-refractivity contribution < 1.29 is 9.15 Å². The van der Waals surface area contributed by atoms with Crippen molar-refractivity contribution in [1.29, 1.82) is 0 Å². The van der Waals surface area contributed by atoms with Gasteiger partial charge in [-0.15, -0.1) is 0 Å². The molecular weight excluding hydrogens is 378 g/mol. The number of aromatic nitrogens is 2. The fourth-order valence-corrected chi connectivity index (χ4v) is 3.90. The Kier molecular flexibility index (Phi) is 7.48. The number of rotatable bonds is 8. The van der Waals surface area contributed by atoms with E-state index in [0.717, 1.165) is 82.2 Å². The lowest BCUT2D eigenvalue weighted by Crippen LogP contribution is -2.35. The maximum atomic E-state index is 6.19. The zero-order valence-corrected chi connectivity index (χ0v) is 18.0. The number of anilines is 1. The van der Waals surface area contributed by atoms with Gasteiger partial charge in [0.1, 0.15) is 11.5 Å². The van der Waals surface area contributed by atoms with Gasteiger partial charge in [0.25, 0.3) is 0 Å². The highest BCUT2D eigenvalue weighted by molar-refractivity contribution is 5.89. The highest BCUT2D eigenvalue weighted by Gasteiger charge is 2.17. The third-order valence-electron chi connectivity index (χ3n) is 5.69. The van der Waals surface area contributed by atoms with E-state index in [0.29, 0.717) is 11.8 Å². The zero-order chi connectivity index (χ0) is 20.6. The highest BCUT2D eigenvalue weighted by Crippen LogP contribution is 2.32. The molecule has 1 aliphatic carbocycles. The quantitative estimate of drug-likeness (QED) is 0.628. The van der Waals surface area contributed by atoms with Crippen molar-refractivity contribution in [2.24, 2.45) is 4.99 Å². The van der Waals surface area contributed by atoms with Crippen molar-refractivity contribution in [2.45, 2.75) is 58.4 Å². The predicted octanol–water partition coefficient (Wildman–Crippen LogP) is 4.82. The molecule has 0 amide bonds. The van der Waals surface area contributed by atoms with Crippen LogP contribution in [0.1, 0.15) is 57.6 Å².